The van der Waals surface area contributed by atoms with Gasteiger partial charge in [0.25, 0.3) is 0 Å². The SMILES string of the molecule is C[C@H](NCC1(C/C(N)=N/O)CC1)c1ccccn1. The van der Waals surface area contributed by atoms with Gasteiger partial charge in [0, 0.05) is 25.2 Å². The molecule has 2 rings (SSSR count). The van der Waals surface area contributed by atoms with Gasteiger partial charge in [0.05, 0.1) is 5.69 Å². The first kappa shape index (κ1) is 12.8. The molecule has 18 heavy (non-hydrogen) atoms. The zero-order valence-corrected chi connectivity index (χ0v) is 10.6. The summed E-state index contributed by atoms with van der Waals surface area (Å²) in [6.45, 7) is 2.98. The maximum absolute atomic E-state index is 8.61. The molecule has 1 aromatic rings. The van der Waals surface area contributed by atoms with E-state index in [1.807, 2.05) is 18.2 Å². The Bertz CT molecular complexity index is 414. The van der Waals surface area contributed by atoms with Crippen molar-refractivity contribution in [2.75, 3.05) is 6.54 Å². The average molecular weight is 248 g/mol. The van der Waals surface area contributed by atoms with Gasteiger partial charge in [-0.05, 0) is 37.3 Å². The van der Waals surface area contributed by atoms with Crippen molar-refractivity contribution in [3.05, 3.63) is 30.1 Å². The fraction of sp³-hybridized carbons (Fsp3) is 0.538. The fourth-order valence-electron chi connectivity index (χ4n) is 2.12. The topological polar surface area (TPSA) is 83.5 Å². The second-order valence-electron chi connectivity index (χ2n) is 5.13. The van der Waals surface area contributed by atoms with Crippen LogP contribution in [-0.4, -0.2) is 22.6 Å². The van der Waals surface area contributed by atoms with E-state index in [1.54, 1.807) is 6.20 Å². The zero-order valence-electron chi connectivity index (χ0n) is 10.6. The summed E-state index contributed by atoms with van der Waals surface area (Å²) < 4.78 is 0. The Labute approximate surface area is 107 Å². The summed E-state index contributed by atoms with van der Waals surface area (Å²) >= 11 is 0. The molecule has 0 saturated heterocycles. The van der Waals surface area contributed by atoms with E-state index in [0.29, 0.717) is 12.3 Å². The van der Waals surface area contributed by atoms with E-state index in [1.165, 1.54) is 0 Å². The molecule has 0 bridgehead atoms. The molecule has 98 valence electrons. The summed E-state index contributed by atoms with van der Waals surface area (Å²) in [5.41, 5.74) is 6.80. The molecule has 1 fully saturated rings. The van der Waals surface area contributed by atoms with Crippen molar-refractivity contribution in [2.45, 2.75) is 32.2 Å². The van der Waals surface area contributed by atoms with Crippen LogP contribution in [0, 0.1) is 5.41 Å². The summed E-state index contributed by atoms with van der Waals surface area (Å²) in [4.78, 5) is 4.33. The van der Waals surface area contributed by atoms with Gasteiger partial charge >= 0.3 is 0 Å². The molecule has 1 saturated carbocycles. The third-order valence-electron chi connectivity index (χ3n) is 3.56. The van der Waals surface area contributed by atoms with Crippen molar-refractivity contribution in [3.63, 3.8) is 0 Å². The molecule has 5 heteroatoms. The van der Waals surface area contributed by atoms with Crippen molar-refractivity contribution < 1.29 is 5.21 Å². The van der Waals surface area contributed by atoms with Crippen LogP contribution in [0.4, 0.5) is 0 Å². The molecule has 0 spiro atoms. The van der Waals surface area contributed by atoms with Crippen LogP contribution < -0.4 is 11.1 Å². The lowest BCUT2D eigenvalue weighted by Gasteiger charge is -2.19. The summed E-state index contributed by atoms with van der Waals surface area (Å²) in [5, 5.41) is 15.1. The van der Waals surface area contributed by atoms with Crippen LogP contribution in [0.1, 0.15) is 37.9 Å². The van der Waals surface area contributed by atoms with E-state index in [2.05, 4.69) is 22.4 Å². The predicted molar refractivity (Wildman–Crippen MR) is 70.3 cm³/mol. The van der Waals surface area contributed by atoms with Gasteiger partial charge in [-0.2, -0.15) is 0 Å². The van der Waals surface area contributed by atoms with Gasteiger partial charge in [-0.1, -0.05) is 11.2 Å². The molecule has 1 heterocycles. The van der Waals surface area contributed by atoms with Gasteiger partial charge in [0.2, 0.25) is 0 Å². The number of hydrogen-bond donors (Lipinski definition) is 3. The summed E-state index contributed by atoms with van der Waals surface area (Å²) in [7, 11) is 0. The first-order chi connectivity index (χ1) is 8.65. The van der Waals surface area contributed by atoms with Crippen LogP contribution in [0.5, 0.6) is 0 Å². The van der Waals surface area contributed by atoms with Gasteiger partial charge in [-0.25, -0.2) is 0 Å². The molecular weight excluding hydrogens is 228 g/mol. The van der Waals surface area contributed by atoms with E-state index in [-0.39, 0.29) is 11.5 Å². The first-order valence-corrected chi connectivity index (χ1v) is 6.26. The highest BCUT2D eigenvalue weighted by molar-refractivity contribution is 5.80. The Balaban J connectivity index is 1.85. The Morgan fingerprint density at radius 3 is 2.94 bits per heavy atom. The first-order valence-electron chi connectivity index (χ1n) is 6.26. The Kier molecular flexibility index (Phi) is 3.81. The quantitative estimate of drug-likeness (QED) is 0.309. The van der Waals surface area contributed by atoms with Gasteiger partial charge < -0.3 is 16.3 Å². The molecule has 5 nitrogen and oxygen atoms in total. The molecule has 0 amide bonds. The predicted octanol–water partition coefficient (Wildman–Crippen LogP) is 1.65. The lowest BCUT2D eigenvalue weighted by molar-refractivity contribution is 0.313. The van der Waals surface area contributed by atoms with E-state index in [4.69, 9.17) is 10.9 Å². The molecule has 4 N–H and O–H groups in total. The largest absolute Gasteiger partial charge is 0.409 e. The number of nitrogens with two attached hydrogens (primary N) is 1. The van der Waals surface area contributed by atoms with E-state index in [9.17, 15) is 0 Å². The number of hydrogen-bond acceptors (Lipinski definition) is 4. The fourth-order valence-corrected chi connectivity index (χ4v) is 2.12. The maximum atomic E-state index is 8.61. The number of nitrogens with zero attached hydrogens (tertiary/aromatic N) is 2. The van der Waals surface area contributed by atoms with Gasteiger partial charge in [0.15, 0.2) is 0 Å². The Hall–Kier alpha value is -1.62. The number of aromatic nitrogens is 1. The minimum absolute atomic E-state index is 0.180. The Morgan fingerprint density at radius 2 is 2.39 bits per heavy atom. The number of amidine groups is 1. The van der Waals surface area contributed by atoms with E-state index < -0.39 is 0 Å². The van der Waals surface area contributed by atoms with Crippen LogP contribution in [0.2, 0.25) is 0 Å². The molecule has 0 aliphatic heterocycles. The third-order valence-corrected chi connectivity index (χ3v) is 3.56. The van der Waals surface area contributed by atoms with Crippen LogP contribution in [0.15, 0.2) is 29.6 Å². The van der Waals surface area contributed by atoms with Crippen LogP contribution in [0.3, 0.4) is 0 Å². The molecule has 1 aliphatic rings. The summed E-state index contributed by atoms with van der Waals surface area (Å²) in [6, 6.07) is 6.14. The lowest BCUT2D eigenvalue weighted by atomic mass is 10.0. The highest BCUT2D eigenvalue weighted by Gasteiger charge is 2.43. The monoisotopic (exact) mass is 248 g/mol. The lowest BCUT2D eigenvalue weighted by Crippen LogP contribution is -2.30. The minimum atomic E-state index is 0.180. The standard InChI is InChI=1S/C13H20N4O/c1-10(11-4-2-3-7-15-11)16-9-13(5-6-13)8-12(14)17-18/h2-4,7,10,16,18H,5-6,8-9H2,1H3,(H2,14,17)/t10-/m0/s1. The van der Waals surface area contributed by atoms with Crippen LogP contribution in [0.25, 0.3) is 0 Å². The number of rotatable bonds is 6. The molecule has 1 atom stereocenters. The Morgan fingerprint density at radius 1 is 1.61 bits per heavy atom. The highest BCUT2D eigenvalue weighted by Crippen LogP contribution is 2.48. The summed E-state index contributed by atoms with van der Waals surface area (Å²) in [5.74, 6) is 0.319. The van der Waals surface area contributed by atoms with Crippen molar-refractivity contribution >= 4 is 5.84 Å². The molecule has 1 aliphatic carbocycles. The zero-order chi connectivity index (χ0) is 13.0. The minimum Gasteiger partial charge on any atom is -0.409 e. The number of oxime groups is 1. The van der Waals surface area contributed by atoms with E-state index in [0.717, 1.165) is 25.1 Å². The number of pyridine rings is 1. The number of nitrogens with one attached hydrogen (secondary N) is 1. The maximum Gasteiger partial charge on any atom is 0.139 e. The second-order valence-corrected chi connectivity index (χ2v) is 5.13. The highest BCUT2D eigenvalue weighted by atomic mass is 16.4. The van der Waals surface area contributed by atoms with Gasteiger partial charge in [0.1, 0.15) is 5.84 Å². The molecule has 1 aromatic heterocycles. The smallest absolute Gasteiger partial charge is 0.139 e. The van der Waals surface area contributed by atoms with Crippen LogP contribution in [-0.2, 0) is 0 Å². The van der Waals surface area contributed by atoms with Gasteiger partial charge in [-0.3, -0.25) is 4.98 Å². The van der Waals surface area contributed by atoms with Crippen LogP contribution >= 0.6 is 0 Å². The van der Waals surface area contributed by atoms with Crippen molar-refractivity contribution in [3.8, 4) is 0 Å². The molecular formula is C13H20N4O. The van der Waals surface area contributed by atoms with Crippen molar-refractivity contribution in [2.24, 2.45) is 16.3 Å². The van der Waals surface area contributed by atoms with Crippen molar-refractivity contribution in [1.82, 2.24) is 10.3 Å². The van der Waals surface area contributed by atoms with Crippen molar-refractivity contribution in [1.29, 1.82) is 0 Å². The molecule has 0 aromatic carbocycles. The summed E-state index contributed by atoms with van der Waals surface area (Å²) in [6.07, 6.45) is 4.72. The third kappa shape index (κ3) is 3.20. The molecule has 0 radical (unpaired) electrons. The van der Waals surface area contributed by atoms with Gasteiger partial charge in [-0.15, -0.1) is 0 Å². The molecule has 0 unspecified atom stereocenters. The normalized spacial score (nSPS) is 19.5. The second kappa shape index (κ2) is 5.35. The van der Waals surface area contributed by atoms with E-state index >= 15 is 0 Å². The average Bonchev–Trinajstić information content (AvgIpc) is 3.17.